The quantitative estimate of drug-likeness (QED) is 0.854. The monoisotopic (exact) mass is 227 g/mol. The van der Waals surface area contributed by atoms with Gasteiger partial charge in [-0.1, -0.05) is 11.6 Å². The summed E-state index contributed by atoms with van der Waals surface area (Å²) in [7, 11) is 3.42. The molecule has 0 aliphatic heterocycles. The van der Waals surface area contributed by atoms with Gasteiger partial charge in [0.15, 0.2) is 0 Å². The molecule has 5 heteroatoms. The zero-order valence-corrected chi connectivity index (χ0v) is 9.75. The highest BCUT2D eigenvalue weighted by atomic mass is 35.5. The first-order valence-electron chi connectivity index (χ1n) is 4.60. The van der Waals surface area contributed by atoms with Gasteiger partial charge in [-0.15, -0.1) is 0 Å². The average Bonchev–Trinajstić information content (AvgIpc) is 2.20. The molecule has 82 valence electrons. The molecular weight excluding hydrogens is 214 g/mol. The van der Waals surface area contributed by atoms with Gasteiger partial charge in [0.05, 0.1) is 5.02 Å². The van der Waals surface area contributed by atoms with Crippen LogP contribution in [-0.2, 0) is 4.79 Å². The molecule has 15 heavy (non-hydrogen) atoms. The van der Waals surface area contributed by atoms with Gasteiger partial charge < -0.3 is 10.2 Å². The van der Waals surface area contributed by atoms with Gasteiger partial charge in [0.2, 0.25) is 5.91 Å². The van der Waals surface area contributed by atoms with Crippen LogP contribution < -0.4 is 5.32 Å². The van der Waals surface area contributed by atoms with Gasteiger partial charge in [-0.3, -0.25) is 4.79 Å². The lowest BCUT2D eigenvalue weighted by Gasteiger charge is -2.18. The van der Waals surface area contributed by atoms with Gasteiger partial charge in [0.1, 0.15) is 11.9 Å². The van der Waals surface area contributed by atoms with Crippen LogP contribution in [0.4, 0.5) is 5.82 Å². The molecule has 0 saturated carbocycles. The van der Waals surface area contributed by atoms with Crippen molar-refractivity contribution in [2.45, 2.75) is 13.0 Å². The molecule has 0 spiro atoms. The van der Waals surface area contributed by atoms with Crippen LogP contribution in [0.25, 0.3) is 0 Å². The van der Waals surface area contributed by atoms with Crippen molar-refractivity contribution >= 4 is 23.3 Å². The normalized spacial score (nSPS) is 12.0. The number of halogens is 1. The van der Waals surface area contributed by atoms with E-state index in [9.17, 15) is 4.79 Å². The molecule has 1 N–H and O–H groups in total. The van der Waals surface area contributed by atoms with Crippen molar-refractivity contribution in [1.82, 2.24) is 9.88 Å². The average molecular weight is 228 g/mol. The standard InChI is InChI=1S/C10H14ClN3O/c1-7(10(15)14(2)3)13-9-8(11)5-4-6-12-9/h4-7H,1-3H3,(H,12,13). The van der Waals surface area contributed by atoms with Gasteiger partial charge in [-0.05, 0) is 19.1 Å². The summed E-state index contributed by atoms with van der Waals surface area (Å²) in [5.74, 6) is 0.513. The summed E-state index contributed by atoms with van der Waals surface area (Å²) in [6.45, 7) is 1.77. The number of likely N-dealkylation sites (N-methyl/N-ethyl adjacent to an activating group) is 1. The second-order valence-electron chi connectivity index (χ2n) is 3.43. The Kier molecular flexibility index (Phi) is 3.91. The molecule has 0 bridgehead atoms. The van der Waals surface area contributed by atoms with E-state index in [-0.39, 0.29) is 11.9 Å². The number of rotatable bonds is 3. The minimum Gasteiger partial charge on any atom is -0.357 e. The van der Waals surface area contributed by atoms with Crippen LogP contribution in [0, 0.1) is 0 Å². The predicted molar refractivity (Wildman–Crippen MR) is 61.0 cm³/mol. The van der Waals surface area contributed by atoms with Crippen LogP contribution in [0.1, 0.15) is 6.92 Å². The number of carbonyl (C=O) groups excluding carboxylic acids is 1. The van der Waals surface area contributed by atoms with Gasteiger partial charge in [-0.25, -0.2) is 4.98 Å². The number of nitrogens with zero attached hydrogens (tertiary/aromatic N) is 2. The minimum absolute atomic E-state index is 0.0169. The fraction of sp³-hybridized carbons (Fsp3) is 0.400. The molecule has 0 fully saturated rings. The lowest BCUT2D eigenvalue weighted by molar-refractivity contribution is -0.129. The summed E-state index contributed by atoms with van der Waals surface area (Å²) in [4.78, 5) is 17.1. The van der Waals surface area contributed by atoms with E-state index in [0.29, 0.717) is 10.8 Å². The maximum Gasteiger partial charge on any atom is 0.244 e. The summed E-state index contributed by atoms with van der Waals surface area (Å²) >= 11 is 5.90. The van der Waals surface area contributed by atoms with Crippen molar-refractivity contribution in [2.75, 3.05) is 19.4 Å². The maximum absolute atomic E-state index is 11.6. The molecule has 1 aromatic heterocycles. The molecule has 0 saturated heterocycles. The summed E-state index contributed by atoms with van der Waals surface area (Å²) in [6, 6.07) is 3.13. The Morgan fingerprint density at radius 2 is 2.27 bits per heavy atom. The molecule has 1 rings (SSSR count). The Balaban J connectivity index is 2.71. The van der Waals surface area contributed by atoms with E-state index in [1.165, 1.54) is 4.90 Å². The van der Waals surface area contributed by atoms with Crippen LogP contribution >= 0.6 is 11.6 Å². The van der Waals surface area contributed by atoms with E-state index in [4.69, 9.17) is 11.6 Å². The third-order valence-corrected chi connectivity index (χ3v) is 2.23. The van der Waals surface area contributed by atoms with Crippen molar-refractivity contribution in [1.29, 1.82) is 0 Å². The SMILES string of the molecule is CC(Nc1ncccc1Cl)C(=O)N(C)C. The van der Waals surface area contributed by atoms with Gasteiger partial charge in [-0.2, -0.15) is 0 Å². The first-order valence-corrected chi connectivity index (χ1v) is 4.98. The van der Waals surface area contributed by atoms with E-state index in [2.05, 4.69) is 10.3 Å². The third-order valence-electron chi connectivity index (χ3n) is 1.92. The molecule has 0 aliphatic rings. The number of pyridine rings is 1. The molecule has 0 radical (unpaired) electrons. The summed E-state index contributed by atoms with van der Waals surface area (Å²) < 4.78 is 0. The predicted octanol–water partition coefficient (Wildman–Crippen LogP) is 1.62. The first-order chi connectivity index (χ1) is 7.02. The Bertz CT molecular complexity index is 354. The van der Waals surface area contributed by atoms with Crippen LogP contribution in [0.3, 0.4) is 0 Å². The summed E-state index contributed by atoms with van der Waals surface area (Å²) in [5.41, 5.74) is 0. The van der Waals surface area contributed by atoms with E-state index < -0.39 is 0 Å². The number of hydrogen-bond donors (Lipinski definition) is 1. The van der Waals surface area contributed by atoms with Crippen molar-refractivity contribution in [2.24, 2.45) is 0 Å². The molecule has 0 aliphatic carbocycles. The molecule has 1 atom stereocenters. The molecule has 1 amide bonds. The Labute approximate surface area is 94.3 Å². The van der Waals surface area contributed by atoms with E-state index in [1.807, 2.05) is 0 Å². The van der Waals surface area contributed by atoms with Gasteiger partial charge in [0, 0.05) is 20.3 Å². The fourth-order valence-electron chi connectivity index (χ4n) is 1.15. The molecule has 4 nitrogen and oxygen atoms in total. The number of aromatic nitrogens is 1. The first kappa shape index (κ1) is 11.8. The minimum atomic E-state index is -0.340. The van der Waals surface area contributed by atoms with Crippen molar-refractivity contribution < 1.29 is 4.79 Å². The fourth-order valence-corrected chi connectivity index (χ4v) is 1.32. The molecule has 1 heterocycles. The van der Waals surface area contributed by atoms with Gasteiger partial charge in [0.25, 0.3) is 0 Å². The second kappa shape index (κ2) is 4.98. The molecule has 1 unspecified atom stereocenters. The Hall–Kier alpha value is -1.29. The second-order valence-corrected chi connectivity index (χ2v) is 3.84. The molecule has 1 aromatic rings. The van der Waals surface area contributed by atoms with E-state index >= 15 is 0 Å². The Morgan fingerprint density at radius 3 is 2.80 bits per heavy atom. The zero-order valence-electron chi connectivity index (χ0n) is 8.99. The van der Waals surface area contributed by atoms with Crippen LogP contribution in [0.15, 0.2) is 18.3 Å². The van der Waals surface area contributed by atoms with Crippen LogP contribution in [-0.4, -0.2) is 35.9 Å². The number of hydrogen-bond acceptors (Lipinski definition) is 3. The highest BCUT2D eigenvalue weighted by Crippen LogP contribution is 2.18. The highest BCUT2D eigenvalue weighted by molar-refractivity contribution is 6.32. The summed E-state index contributed by atoms with van der Waals surface area (Å²) in [5, 5.41) is 3.47. The molecular formula is C10H14ClN3O. The zero-order chi connectivity index (χ0) is 11.4. The van der Waals surface area contributed by atoms with Gasteiger partial charge >= 0.3 is 0 Å². The van der Waals surface area contributed by atoms with Crippen LogP contribution in [0.2, 0.25) is 5.02 Å². The van der Waals surface area contributed by atoms with E-state index in [0.717, 1.165) is 0 Å². The number of nitrogens with one attached hydrogen (secondary N) is 1. The third kappa shape index (κ3) is 3.09. The van der Waals surface area contributed by atoms with E-state index in [1.54, 1.807) is 39.3 Å². The lowest BCUT2D eigenvalue weighted by atomic mass is 10.3. The largest absolute Gasteiger partial charge is 0.357 e. The van der Waals surface area contributed by atoms with Crippen molar-refractivity contribution in [3.8, 4) is 0 Å². The van der Waals surface area contributed by atoms with Crippen molar-refractivity contribution in [3.63, 3.8) is 0 Å². The molecule has 0 aromatic carbocycles. The summed E-state index contributed by atoms with van der Waals surface area (Å²) in [6.07, 6.45) is 1.63. The van der Waals surface area contributed by atoms with Crippen molar-refractivity contribution in [3.05, 3.63) is 23.4 Å². The number of anilines is 1. The van der Waals surface area contributed by atoms with Crippen LogP contribution in [0.5, 0.6) is 0 Å². The lowest BCUT2D eigenvalue weighted by Crippen LogP contribution is -2.36. The number of carbonyl (C=O) groups is 1. The topological polar surface area (TPSA) is 45.2 Å². The smallest absolute Gasteiger partial charge is 0.244 e. The number of amides is 1. The highest BCUT2D eigenvalue weighted by Gasteiger charge is 2.15. The maximum atomic E-state index is 11.6. The Morgan fingerprint density at radius 1 is 1.60 bits per heavy atom.